The van der Waals surface area contributed by atoms with Crippen LogP contribution in [0.15, 0.2) is 24.3 Å². The van der Waals surface area contributed by atoms with Crippen LogP contribution in [0.4, 0.5) is 5.69 Å². The summed E-state index contributed by atoms with van der Waals surface area (Å²) in [4.78, 5) is 28.4. The second-order valence-electron chi connectivity index (χ2n) is 8.87. The van der Waals surface area contributed by atoms with Gasteiger partial charge in [-0.1, -0.05) is 19.1 Å². The van der Waals surface area contributed by atoms with Crippen molar-refractivity contribution in [1.82, 2.24) is 15.1 Å². The van der Waals surface area contributed by atoms with E-state index in [1.165, 1.54) is 44.7 Å². The van der Waals surface area contributed by atoms with Gasteiger partial charge in [0, 0.05) is 38.2 Å². The van der Waals surface area contributed by atoms with Gasteiger partial charge in [0.2, 0.25) is 11.8 Å². The number of hydrogen-bond donors (Lipinski definition) is 2. The van der Waals surface area contributed by atoms with Crippen LogP contribution in [0.3, 0.4) is 0 Å². The molecule has 0 aromatic heterocycles. The van der Waals surface area contributed by atoms with Crippen LogP contribution in [-0.4, -0.2) is 60.4 Å². The molecule has 6 heteroatoms. The van der Waals surface area contributed by atoms with E-state index in [-0.39, 0.29) is 11.8 Å². The number of carbonyl (C=O) groups is 2. The number of carbonyl (C=O) groups excluding carboxylic acids is 2. The first-order valence-electron chi connectivity index (χ1n) is 11.6. The van der Waals surface area contributed by atoms with Gasteiger partial charge >= 0.3 is 0 Å². The molecule has 0 radical (unpaired) electrons. The van der Waals surface area contributed by atoms with E-state index in [4.69, 9.17) is 0 Å². The Morgan fingerprint density at radius 2 is 1.80 bits per heavy atom. The first-order valence-corrected chi connectivity index (χ1v) is 11.6. The number of likely N-dealkylation sites (tertiary alicyclic amines) is 2. The molecule has 0 saturated carbocycles. The zero-order valence-corrected chi connectivity index (χ0v) is 18.7. The zero-order chi connectivity index (χ0) is 21.3. The highest BCUT2D eigenvalue weighted by atomic mass is 16.2. The molecule has 1 atom stereocenters. The molecule has 2 aliphatic heterocycles. The standard InChI is InChI=1S/C24H38N4O2/c1-3-28-14-4-5-23(28)17-25-24(30)11-8-20-12-15-27(16-13-20)18-21-6-9-22(10-7-21)26-19(2)29/h6-7,9-10,20,23H,3-5,8,11-18H2,1-2H3,(H,25,30)(H,26,29). The lowest BCUT2D eigenvalue weighted by molar-refractivity contribution is -0.121. The van der Waals surface area contributed by atoms with Crippen molar-refractivity contribution in [3.05, 3.63) is 29.8 Å². The quantitative estimate of drug-likeness (QED) is 0.651. The lowest BCUT2D eigenvalue weighted by atomic mass is 9.92. The van der Waals surface area contributed by atoms with Gasteiger partial charge in [-0.3, -0.25) is 19.4 Å². The van der Waals surface area contributed by atoms with Gasteiger partial charge in [-0.25, -0.2) is 0 Å². The summed E-state index contributed by atoms with van der Waals surface area (Å²) < 4.78 is 0. The fraction of sp³-hybridized carbons (Fsp3) is 0.667. The van der Waals surface area contributed by atoms with Crippen molar-refractivity contribution in [2.24, 2.45) is 5.92 Å². The average molecular weight is 415 g/mol. The molecule has 2 N–H and O–H groups in total. The number of anilines is 1. The first-order chi connectivity index (χ1) is 14.5. The molecule has 30 heavy (non-hydrogen) atoms. The summed E-state index contributed by atoms with van der Waals surface area (Å²) in [6.45, 7) is 9.92. The molecule has 0 aliphatic carbocycles. The normalized spacial score (nSPS) is 20.9. The molecule has 0 bridgehead atoms. The number of nitrogens with one attached hydrogen (secondary N) is 2. The molecule has 2 saturated heterocycles. The van der Waals surface area contributed by atoms with E-state index in [9.17, 15) is 9.59 Å². The zero-order valence-electron chi connectivity index (χ0n) is 18.7. The van der Waals surface area contributed by atoms with Gasteiger partial charge in [-0.05, 0) is 81.9 Å². The van der Waals surface area contributed by atoms with E-state index >= 15 is 0 Å². The lowest BCUT2D eigenvalue weighted by Crippen LogP contribution is -2.40. The van der Waals surface area contributed by atoms with Gasteiger partial charge in [-0.2, -0.15) is 0 Å². The van der Waals surface area contributed by atoms with Gasteiger partial charge in [0.15, 0.2) is 0 Å². The Morgan fingerprint density at radius 1 is 1.07 bits per heavy atom. The lowest BCUT2D eigenvalue weighted by Gasteiger charge is -2.32. The first kappa shape index (κ1) is 22.8. The number of benzene rings is 1. The smallest absolute Gasteiger partial charge is 0.221 e. The summed E-state index contributed by atoms with van der Waals surface area (Å²) in [5.41, 5.74) is 2.12. The van der Waals surface area contributed by atoms with Gasteiger partial charge in [0.1, 0.15) is 0 Å². The van der Waals surface area contributed by atoms with Gasteiger partial charge in [0.25, 0.3) is 0 Å². The van der Waals surface area contributed by atoms with Crippen LogP contribution in [0.1, 0.15) is 57.9 Å². The number of likely N-dealkylation sites (N-methyl/N-ethyl adjacent to an activating group) is 1. The summed E-state index contributed by atoms with van der Waals surface area (Å²) in [6, 6.07) is 8.65. The van der Waals surface area contributed by atoms with Crippen LogP contribution in [0.5, 0.6) is 0 Å². The molecule has 2 heterocycles. The molecule has 2 aliphatic rings. The second kappa shape index (κ2) is 11.5. The average Bonchev–Trinajstić information content (AvgIpc) is 3.20. The van der Waals surface area contributed by atoms with E-state index in [0.29, 0.717) is 18.4 Å². The molecule has 1 aromatic rings. The van der Waals surface area contributed by atoms with Crippen molar-refractivity contribution in [2.75, 3.05) is 38.0 Å². The number of nitrogens with zero attached hydrogens (tertiary/aromatic N) is 2. The summed E-state index contributed by atoms with van der Waals surface area (Å²) >= 11 is 0. The van der Waals surface area contributed by atoms with Crippen molar-refractivity contribution in [1.29, 1.82) is 0 Å². The number of piperidine rings is 1. The van der Waals surface area contributed by atoms with E-state index in [1.807, 2.05) is 12.1 Å². The summed E-state index contributed by atoms with van der Waals surface area (Å²) in [5, 5.41) is 5.98. The largest absolute Gasteiger partial charge is 0.355 e. The molecule has 3 rings (SSSR count). The van der Waals surface area contributed by atoms with Gasteiger partial charge in [-0.15, -0.1) is 0 Å². The highest BCUT2D eigenvalue weighted by Gasteiger charge is 2.24. The van der Waals surface area contributed by atoms with E-state index in [0.717, 1.165) is 44.8 Å². The van der Waals surface area contributed by atoms with Crippen molar-refractivity contribution in [3.8, 4) is 0 Å². The fourth-order valence-corrected chi connectivity index (χ4v) is 4.79. The minimum Gasteiger partial charge on any atom is -0.355 e. The maximum atomic E-state index is 12.3. The minimum absolute atomic E-state index is 0.0417. The maximum absolute atomic E-state index is 12.3. The molecule has 1 aromatic carbocycles. The van der Waals surface area contributed by atoms with E-state index in [1.54, 1.807) is 0 Å². The number of amides is 2. The maximum Gasteiger partial charge on any atom is 0.221 e. The molecule has 1 unspecified atom stereocenters. The molecular weight excluding hydrogens is 376 g/mol. The van der Waals surface area contributed by atoms with E-state index in [2.05, 4.69) is 39.5 Å². The molecule has 166 valence electrons. The molecule has 6 nitrogen and oxygen atoms in total. The van der Waals surface area contributed by atoms with Crippen LogP contribution >= 0.6 is 0 Å². The van der Waals surface area contributed by atoms with Crippen LogP contribution in [0.2, 0.25) is 0 Å². The molecule has 2 fully saturated rings. The Kier molecular flexibility index (Phi) is 8.70. The molecule has 0 spiro atoms. The van der Waals surface area contributed by atoms with Crippen molar-refractivity contribution < 1.29 is 9.59 Å². The van der Waals surface area contributed by atoms with Crippen molar-refractivity contribution in [3.63, 3.8) is 0 Å². The van der Waals surface area contributed by atoms with Crippen LogP contribution < -0.4 is 10.6 Å². The van der Waals surface area contributed by atoms with Crippen LogP contribution in [0, 0.1) is 5.92 Å². The van der Waals surface area contributed by atoms with Crippen molar-refractivity contribution in [2.45, 2.75) is 65.0 Å². The Hall–Kier alpha value is -1.92. The van der Waals surface area contributed by atoms with Gasteiger partial charge in [0.05, 0.1) is 0 Å². The molecular formula is C24H38N4O2. The van der Waals surface area contributed by atoms with Crippen molar-refractivity contribution >= 4 is 17.5 Å². The predicted octanol–water partition coefficient (Wildman–Crippen LogP) is 3.24. The third-order valence-electron chi connectivity index (χ3n) is 6.61. The minimum atomic E-state index is -0.0417. The van der Waals surface area contributed by atoms with Crippen LogP contribution in [0.25, 0.3) is 0 Å². The summed E-state index contributed by atoms with van der Waals surface area (Å²) in [5.74, 6) is 0.840. The molecule has 2 amide bonds. The van der Waals surface area contributed by atoms with Gasteiger partial charge < -0.3 is 10.6 Å². The Morgan fingerprint density at radius 3 is 2.47 bits per heavy atom. The highest BCUT2D eigenvalue weighted by Crippen LogP contribution is 2.23. The van der Waals surface area contributed by atoms with E-state index < -0.39 is 0 Å². The number of hydrogen-bond acceptors (Lipinski definition) is 4. The third-order valence-corrected chi connectivity index (χ3v) is 6.61. The Balaban J connectivity index is 1.30. The summed E-state index contributed by atoms with van der Waals surface area (Å²) in [6.07, 6.45) is 6.48. The Bertz CT molecular complexity index is 683. The highest BCUT2D eigenvalue weighted by molar-refractivity contribution is 5.88. The SMILES string of the molecule is CCN1CCCC1CNC(=O)CCC1CCN(Cc2ccc(NC(C)=O)cc2)CC1. The number of rotatable bonds is 9. The van der Waals surface area contributed by atoms with Crippen LogP contribution in [-0.2, 0) is 16.1 Å². The topological polar surface area (TPSA) is 64.7 Å². The Labute approximate surface area is 181 Å². The predicted molar refractivity (Wildman–Crippen MR) is 121 cm³/mol. The summed E-state index contributed by atoms with van der Waals surface area (Å²) in [7, 11) is 0. The second-order valence-corrected chi connectivity index (χ2v) is 8.87. The third kappa shape index (κ3) is 7.10. The monoisotopic (exact) mass is 414 g/mol. The fourth-order valence-electron chi connectivity index (χ4n) is 4.79.